The highest BCUT2D eigenvalue weighted by Crippen LogP contribution is 2.25. The number of rotatable bonds is 73. The fraction of sp³-hybridized carbons (Fsp3) is 0.571. The molecule has 6 amide bonds. The van der Waals surface area contributed by atoms with Crippen LogP contribution in [-0.2, 0) is 138 Å². The van der Waals surface area contributed by atoms with Gasteiger partial charge in [-0.1, -0.05) is 79.3 Å². The molecule has 0 radical (unpaired) electrons. The molecule has 115 heavy (non-hydrogen) atoms. The van der Waals surface area contributed by atoms with Gasteiger partial charge in [0.05, 0.1) is 143 Å². The first kappa shape index (κ1) is 112. The predicted molar refractivity (Wildman–Crippen MR) is 418 cm³/mol. The van der Waals surface area contributed by atoms with Gasteiger partial charge in [-0.3, -0.25) is 28.8 Å². The summed E-state index contributed by atoms with van der Waals surface area (Å²) in [6, 6.07) is 0. The molecule has 0 aromatic heterocycles. The van der Waals surface area contributed by atoms with Crippen LogP contribution >= 0.6 is 0 Å². The molecule has 0 aliphatic heterocycles. The first-order valence-corrected chi connectivity index (χ1v) is 36.1. The van der Waals surface area contributed by atoms with Crippen molar-refractivity contribution in [1.82, 2.24) is 31.9 Å². The minimum Gasteiger partial charge on any atom is -0.460 e. The molecule has 0 saturated carbocycles. The van der Waals surface area contributed by atoms with E-state index in [0.717, 1.165) is 48.6 Å². The number of amides is 6. The normalized spacial score (nSPS) is 11.8. The number of aliphatic hydroxyl groups is 3. The van der Waals surface area contributed by atoms with Crippen molar-refractivity contribution in [2.24, 2.45) is 10.8 Å². The predicted octanol–water partition coefficient (Wildman–Crippen LogP) is 0.127. The molecule has 654 valence electrons. The molecule has 38 heteroatoms. The van der Waals surface area contributed by atoms with Gasteiger partial charge in [0.25, 0.3) is 0 Å². The van der Waals surface area contributed by atoms with Crippen molar-refractivity contribution in [2.45, 2.75) is 57.0 Å². The van der Waals surface area contributed by atoms with Crippen LogP contribution in [0.5, 0.6) is 0 Å². The number of hydrogen-bond acceptors (Lipinski definition) is 32. The molecule has 0 aliphatic carbocycles. The van der Waals surface area contributed by atoms with Gasteiger partial charge in [-0.05, 0) is 62.1 Å². The summed E-state index contributed by atoms with van der Waals surface area (Å²) in [4.78, 5) is 121. The lowest BCUT2D eigenvalue weighted by Crippen LogP contribution is -2.43. The molecule has 0 aromatic rings. The van der Waals surface area contributed by atoms with Crippen molar-refractivity contribution >= 4 is 65.3 Å². The smallest absolute Gasteiger partial charge is 0.330 e. The summed E-state index contributed by atoms with van der Waals surface area (Å²) in [7, 11) is 1.56. The van der Waals surface area contributed by atoms with Gasteiger partial charge in [0.15, 0.2) is 0 Å². The molecule has 0 aromatic carbocycles. The van der Waals surface area contributed by atoms with Gasteiger partial charge in [0, 0.05) is 82.4 Å². The van der Waals surface area contributed by atoms with Crippen LogP contribution in [0.4, 0.5) is 0 Å². The molecule has 0 aliphatic rings. The lowest BCUT2D eigenvalue weighted by Gasteiger charge is -2.32. The standard InChI is InChI=1S/C30H53N3O12.C21H35N3O7.C18H26O9.C8H10O4/c1-5-27(37)31-21-43-15-24(34)9-12-40-18-30(8-4,19-41-13-10-25(35)16-44-22-32-28(38)6-2)20-42-14-11-26(36)17-45-23-33-29(39)7-3;1-5-18(25)22-8-11-29-15-21(14-28-4,16-30-12-9-23-19(26)6-2)17-31-13-10-24-20(27)7-3;1-4-16(19)25-9-7-22-13-15(24-11-12-27-18(21)6-3)14-23-8-10-26-17(20)5-2;1-3-7(9)11-5-6-12-8(10)4-2/h5-7,24-26,34-36H,1-3,8-23H2,4H3,(H,31,37)(H,32,38)(H,33,39);5-7H,1-3,8-17H2,4H3,(H,22,25)(H,23,26)(H,24,27);4-6,15H,1-3,7-14H2;3-4H,1-2,5-6H2. The third kappa shape index (κ3) is 74.5. The number of aliphatic hydroxyl groups excluding tert-OH is 3. The lowest BCUT2D eigenvalue weighted by atomic mass is 9.88. The molecule has 0 heterocycles. The Labute approximate surface area is 673 Å². The summed E-state index contributed by atoms with van der Waals surface area (Å²) in [5, 5.41) is 45.7. The molecular weight excluding hydrogens is 1520 g/mol. The van der Waals surface area contributed by atoms with E-state index in [0.29, 0.717) is 51.9 Å². The third-order valence-corrected chi connectivity index (χ3v) is 13.8. The van der Waals surface area contributed by atoms with Crippen molar-refractivity contribution in [3.63, 3.8) is 0 Å². The molecule has 3 atom stereocenters. The Hall–Kier alpha value is -9.33. The topological polar surface area (TPSA) is 487 Å². The van der Waals surface area contributed by atoms with E-state index < -0.39 is 65.1 Å². The quantitative estimate of drug-likeness (QED) is 0.0128. The van der Waals surface area contributed by atoms with E-state index in [-0.39, 0.29) is 221 Å². The van der Waals surface area contributed by atoms with E-state index in [4.69, 9.17) is 75.8 Å². The zero-order valence-electron chi connectivity index (χ0n) is 66.6. The van der Waals surface area contributed by atoms with Crippen molar-refractivity contribution in [3.05, 3.63) is 139 Å². The van der Waals surface area contributed by atoms with Crippen molar-refractivity contribution in [2.75, 3.05) is 219 Å². The number of carbonyl (C=O) groups is 11. The first-order valence-electron chi connectivity index (χ1n) is 36.1. The second-order valence-corrected chi connectivity index (χ2v) is 23.2. The van der Waals surface area contributed by atoms with Crippen molar-refractivity contribution < 1.29 is 153 Å². The maximum absolute atomic E-state index is 11.2. The number of esters is 5. The van der Waals surface area contributed by atoms with Gasteiger partial charge in [-0.2, -0.15) is 0 Å². The summed E-state index contributed by atoms with van der Waals surface area (Å²) >= 11 is 0. The lowest BCUT2D eigenvalue weighted by molar-refractivity contribution is -0.146. The van der Waals surface area contributed by atoms with Gasteiger partial charge in [-0.25, -0.2) is 24.0 Å². The van der Waals surface area contributed by atoms with Crippen LogP contribution in [0.15, 0.2) is 139 Å². The highest BCUT2D eigenvalue weighted by atomic mass is 16.6. The average Bonchev–Trinajstić information content (AvgIpc) is 0.878. The zero-order valence-corrected chi connectivity index (χ0v) is 66.6. The highest BCUT2D eigenvalue weighted by molar-refractivity contribution is 5.89. The highest BCUT2D eigenvalue weighted by Gasteiger charge is 2.33. The van der Waals surface area contributed by atoms with Crippen LogP contribution < -0.4 is 31.9 Å². The molecule has 9 N–H and O–H groups in total. The molecule has 38 nitrogen and oxygen atoms in total. The third-order valence-electron chi connectivity index (χ3n) is 13.8. The van der Waals surface area contributed by atoms with Crippen LogP contribution in [0.3, 0.4) is 0 Å². The zero-order chi connectivity index (χ0) is 86.9. The number of nitrogens with one attached hydrogen (secondary N) is 6. The van der Waals surface area contributed by atoms with E-state index >= 15 is 0 Å². The number of carbonyl (C=O) groups excluding carboxylic acids is 11. The Morgan fingerprint density at radius 2 is 0.548 bits per heavy atom. The van der Waals surface area contributed by atoms with Gasteiger partial charge >= 0.3 is 29.8 Å². The number of methoxy groups -OCH3 is 1. The second kappa shape index (κ2) is 79.9. The Kier molecular flexibility index (Phi) is 77.8. The molecule has 0 saturated heterocycles. The largest absolute Gasteiger partial charge is 0.460 e. The van der Waals surface area contributed by atoms with Crippen LogP contribution in [0, 0.1) is 10.8 Å². The van der Waals surface area contributed by atoms with Gasteiger partial charge < -0.3 is 132 Å². The molecule has 0 fully saturated rings. The fourth-order valence-electron chi connectivity index (χ4n) is 7.66. The number of hydrogen-bond donors (Lipinski definition) is 9. The number of ether oxygens (including phenoxy) is 18. The minimum absolute atomic E-state index is 0.0191. The van der Waals surface area contributed by atoms with Crippen molar-refractivity contribution in [1.29, 1.82) is 0 Å². The monoisotopic (exact) mass is 1640 g/mol. The Morgan fingerprint density at radius 3 is 0.809 bits per heavy atom. The SMILES string of the molecule is C=CC(=O)NCCOCC(COC)(COCCNC(=O)C=C)COCCNC(=O)C=C.C=CC(=O)NCOCC(O)CCOCC(CC)(COCCC(O)COCNC(=O)C=C)COCCC(O)COCNC(=O)C=C.C=CC(=O)OCCOC(=O)C=C.C=CC(=O)OCCOCC(COCCOC(=O)C=C)OCCOC(=O)C=C. The van der Waals surface area contributed by atoms with Crippen LogP contribution in [0.25, 0.3) is 0 Å². The summed E-state index contributed by atoms with van der Waals surface area (Å²) in [6.07, 6.45) is 10.9. The second-order valence-electron chi connectivity index (χ2n) is 23.2. The van der Waals surface area contributed by atoms with Crippen LogP contribution in [0.1, 0.15) is 32.6 Å². The molecule has 0 spiro atoms. The van der Waals surface area contributed by atoms with E-state index in [9.17, 15) is 68.1 Å². The Morgan fingerprint density at radius 1 is 0.296 bits per heavy atom. The summed E-state index contributed by atoms with van der Waals surface area (Å²) in [5.41, 5.74) is -1.18. The Balaban J connectivity index is -0.000000770. The van der Waals surface area contributed by atoms with E-state index in [1.54, 1.807) is 7.11 Å². The minimum atomic E-state index is -0.795. The summed E-state index contributed by atoms with van der Waals surface area (Å²) < 4.78 is 95.5. The maximum atomic E-state index is 11.2. The fourth-order valence-corrected chi connectivity index (χ4v) is 7.66. The van der Waals surface area contributed by atoms with Gasteiger partial charge in [0.1, 0.15) is 59.3 Å². The maximum Gasteiger partial charge on any atom is 0.330 e. The molecule has 3 unspecified atom stereocenters. The molecular formula is C77H124N6O32. The van der Waals surface area contributed by atoms with E-state index in [1.165, 1.54) is 18.2 Å². The summed E-state index contributed by atoms with van der Waals surface area (Å²) in [6.45, 7) is 43.8. The van der Waals surface area contributed by atoms with Gasteiger partial charge in [-0.15, -0.1) is 0 Å². The van der Waals surface area contributed by atoms with E-state index in [2.05, 4.69) is 114 Å². The summed E-state index contributed by atoms with van der Waals surface area (Å²) in [5.74, 6) is -4.64. The average molecular weight is 1650 g/mol. The van der Waals surface area contributed by atoms with Crippen molar-refractivity contribution in [3.8, 4) is 0 Å². The first-order chi connectivity index (χ1) is 55.3. The molecule has 0 rings (SSSR count). The van der Waals surface area contributed by atoms with Crippen LogP contribution in [-0.4, -0.2) is 324 Å². The van der Waals surface area contributed by atoms with Gasteiger partial charge in [0.2, 0.25) is 35.4 Å². The Bertz CT molecular complexity index is 2580. The molecule has 0 bridgehead atoms. The van der Waals surface area contributed by atoms with E-state index in [1.807, 2.05) is 6.92 Å². The van der Waals surface area contributed by atoms with Crippen LogP contribution in [0.2, 0.25) is 0 Å².